The molecule has 0 aliphatic heterocycles. The number of benzene rings is 2. The van der Waals surface area contributed by atoms with Gasteiger partial charge in [0, 0.05) is 12.6 Å². The summed E-state index contributed by atoms with van der Waals surface area (Å²) in [6, 6.07) is 9.19. The Hall–Kier alpha value is -1.74. The minimum atomic E-state index is -0.503. The molecule has 3 heteroatoms. The van der Waals surface area contributed by atoms with E-state index in [1.165, 1.54) is 25.0 Å². The second kappa shape index (κ2) is 5.57. The molecule has 0 aromatic heterocycles. The maximum atomic E-state index is 14.4. The second-order valence-corrected chi connectivity index (χ2v) is 5.87. The standard InChI is InChI=1S/C18H19F2N/c1-11-3-5-13(10-21-14-6-7-14)15(9-11)17-16(19)8-4-12(2)18(17)20/h3-5,8-9,14,21H,6-7,10H2,1-2H3. The van der Waals surface area contributed by atoms with Crippen LogP contribution in [0.1, 0.15) is 29.5 Å². The van der Waals surface area contributed by atoms with Crippen molar-refractivity contribution in [2.75, 3.05) is 0 Å². The van der Waals surface area contributed by atoms with Crippen molar-refractivity contribution in [3.63, 3.8) is 0 Å². The quantitative estimate of drug-likeness (QED) is 0.873. The third kappa shape index (κ3) is 2.98. The van der Waals surface area contributed by atoms with Crippen LogP contribution in [0, 0.1) is 25.5 Å². The summed E-state index contributed by atoms with van der Waals surface area (Å²) in [7, 11) is 0. The number of rotatable bonds is 4. The molecule has 0 unspecified atom stereocenters. The first kappa shape index (κ1) is 14.2. The molecule has 1 saturated carbocycles. The van der Waals surface area contributed by atoms with Gasteiger partial charge < -0.3 is 5.32 Å². The van der Waals surface area contributed by atoms with E-state index in [4.69, 9.17) is 0 Å². The summed E-state index contributed by atoms with van der Waals surface area (Å²) in [5.41, 5.74) is 3.15. The van der Waals surface area contributed by atoms with Gasteiger partial charge in [-0.05, 0) is 49.4 Å². The van der Waals surface area contributed by atoms with Crippen LogP contribution < -0.4 is 5.32 Å². The molecule has 3 rings (SSSR count). The largest absolute Gasteiger partial charge is 0.310 e. The van der Waals surface area contributed by atoms with Crippen LogP contribution in [0.5, 0.6) is 0 Å². The number of aryl methyl sites for hydroxylation is 2. The lowest BCUT2D eigenvalue weighted by Gasteiger charge is -2.14. The van der Waals surface area contributed by atoms with E-state index >= 15 is 0 Å². The molecule has 0 radical (unpaired) electrons. The van der Waals surface area contributed by atoms with Gasteiger partial charge in [0.05, 0.1) is 5.56 Å². The summed E-state index contributed by atoms with van der Waals surface area (Å²) in [5, 5.41) is 3.41. The average Bonchev–Trinajstić information content (AvgIpc) is 3.27. The van der Waals surface area contributed by atoms with E-state index < -0.39 is 11.6 Å². The molecule has 21 heavy (non-hydrogen) atoms. The summed E-state index contributed by atoms with van der Waals surface area (Å²) in [6.07, 6.45) is 2.38. The van der Waals surface area contributed by atoms with E-state index in [1.54, 1.807) is 6.92 Å². The van der Waals surface area contributed by atoms with Crippen molar-refractivity contribution >= 4 is 0 Å². The fourth-order valence-corrected chi connectivity index (χ4v) is 2.52. The zero-order chi connectivity index (χ0) is 15.0. The molecule has 1 aliphatic carbocycles. The molecule has 1 N–H and O–H groups in total. The van der Waals surface area contributed by atoms with Gasteiger partial charge in [-0.3, -0.25) is 0 Å². The Morgan fingerprint density at radius 2 is 1.86 bits per heavy atom. The maximum Gasteiger partial charge on any atom is 0.136 e. The lowest BCUT2D eigenvalue weighted by molar-refractivity contribution is 0.583. The van der Waals surface area contributed by atoms with Crippen LogP contribution in [0.3, 0.4) is 0 Å². The summed E-state index contributed by atoms with van der Waals surface area (Å²) in [5.74, 6) is -0.968. The fourth-order valence-electron chi connectivity index (χ4n) is 2.52. The van der Waals surface area contributed by atoms with Crippen LogP contribution in [0.25, 0.3) is 11.1 Å². The molecule has 1 fully saturated rings. The van der Waals surface area contributed by atoms with Crippen LogP contribution >= 0.6 is 0 Å². The van der Waals surface area contributed by atoms with E-state index in [2.05, 4.69) is 5.32 Å². The molecule has 0 saturated heterocycles. The molecular formula is C18H19F2N. The zero-order valence-electron chi connectivity index (χ0n) is 12.3. The highest BCUT2D eigenvalue weighted by atomic mass is 19.1. The molecular weight excluding hydrogens is 268 g/mol. The fraction of sp³-hybridized carbons (Fsp3) is 0.333. The van der Waals surface area contributed by atoms with E-state index in [9.17, 15) is 8.78 Å². The Morgan fingerprint density at radius 3 is 2.57 bits per heavy atom. The van der Waals surface area contributed by atoms with Crippen LogP contribution in [0.2, 0.25) is 0 Å². The van der Waals surface area contributed by atoms with Crippen molar-refractivity contribution in [1.82, 2.24) is 5.32 Å². The monoisotopic (exact) mass is 287 g/mol. The highest BCUT2D eigenvalue weighted by molar-refractivity contribution is 5.70. The normalized spacial score (nSPS) is 14.5. The van der Waals surface area contributed by atoms with Crippen LogP contribution in [-0.2, 0) is 6.54 Å². The number of nitrogens with one attached hydrogen (secondary N) is 1. The number of hydrogen-bond donors (Lipinski definition) is 1. The zero-order valence-corrected chi connectivity index (χ0v) is 12.3. The summed E-state index contributed by atoms with van der Waals surface area (Å²) in [4.78, 5) is 0. The highest BCUT2D eigenvalue weighted by Crippen LogP contribution is 2.32. The van der Waals surface area contributed by atoms with E-state index in [1.807, 2.05) is 25.1 Å². The molecule has 1 aliphatic rings. The first-order chi connectivity index (χ1) is 10.1. The van der Waals surface area contributed by atoms with Gasteiger partial charge in [0.25, 0.3) is 0 Å². The van der Waals surface area contributed by atoms with Gasteiger partial charge in [-0.25, -0.2) is 8.78 Å². The molecule has 2 aromatic rings. The Bertz CT molecular complexity index is 675. The van der Waals surface area contributed by atoms with Gasteiger partial charge in [-0.2, -0.15) is 0 Å². The SMILES string of the molecule is Cc1ccc(CNC2CC2)c(-c2c(F)ccc(C)c2F)c1. The lowest BCUT2D eigenvalue weighted by Crippen LogP contribution is -2.16. The molecule has 0 spiro atoms. The van der Waals surface area contributed by atoms with Crippen molar-refractivity contribution in [3.05, 3.63) is 58.7 Å². The average molecular weight is 287 g/mol. The van der Waals surface area contributed by atoms with Crippen molar-refractivity contribution in [1.29, 1.82) is 0 Å². The van der Waals surface area contributed by atoms with Crippen molar-refractivity contribution in [3.8, 4) is 11.1 Å². The molecule has 0 heterocycles. The van der Waals surface area contributed by atoms with Gasteiger partial charge in [-0.15, -0.1) is 0 Å². The van der Waals surface area contributed by atoms with Gasteiger partial charge in [0.2, 0.25) is 0 Å². The molecule has 0 atom stereocenters. The second-order valence-electron chi connectivity index (χ2n) is 5.87. The predicted octanol–water partition coefficient (Wildman–Crippen LogP) is 4.50. The van der Waals surface area contributed by atoms with E-state index in [0.717, 1.165) is 11.1 Å². The van der Waals surface area contributed by atoms with Crippen molar-refractivity contribution in [2.24, 2.45) is 0 Å². The molecule has 0 bridgehead atoms. The number of hydrogen-bond acceptors (Lipinski definition) is 1. The summed E-state index contributed by atoms with van der Waals surface area (Å²) >= 11 is 0. The summed E-state index contributed by atoms with van der Waals surface area (Å²) < 4.78 is 28.6. The smallest absolute Gasteiger partial charge is 0.136 e. The van der Waals surface area contributed by atoms with E-state index in [0.29, 0.717) is 23.7 Å². The topological polar surface area (TPSA) is 12.0 Å². The molecule has 1 nitrogen and oxygen atoms in total. The lowest BCUT2D eigenvalue weighted by atomic mass is 9.95. The highest BCUT2D eigenvalue weighted by Gasteiger charge is 2.22. The Kier molecular flexibility index (Phi) is 3.77. The first-order valence-electron chi connectivity index (χ1n) is 7.34. The third-order valence-electron chi connectivity index (χ3n) is 3.98. The van der Waals surface area contributed by atoms with Crippen molar-refractivity contribution in [2.45, 2.75) is 39.3 Å². The van der Waals surface area contributed by atoms with E-state index in [-0.39, 0.29) is 5.56 Å². The Balaban J connectivity index is 2.07. The maximum absolute atomic E-state index is 14.4. The molecule has 2 aromatic carbocycles. The minimum absolute atomic E-state index is 0.0892. The third-order valence-corrected chi connectivity index (χ3v) is 3.98. The van der Waals surface area contributed by atoms with Gasteiger partial charge in [-0.1, -0.05) is 29.8 Å². The molecule has 110 valence electrons. The number of halogens is 2. The van der Waals surface area contributed by atoms with Crippen LogP contribution in [0.15, 0.2) is 30.3 Å². The van der Waals surface area contributed by atoms with Crippen LogP contribution in [0.4, 0.5) is 8.78 Å². The molecule has 0 amide bonds. The van der Waals surface area contributed by atoms with Gasteiger partial charge in [0.1, 0.15) is 11.6 Å². The van der Waals surface area contributed by atoms with Crippen LogP contribution in [-0.4, -0.2) is 6.04 Å². The van der Waals surface area contributed by atoms with Gasteiger partial charge >= 0.3 is 0 Å². The predicted molar refractivity (Wildman–Crippen MR) is 81.1 cm³/mol. The first-order valence-corrected chi connectivity index (χ1v) is 7.34. The Morgan fingerprint density at radius 1 is 1.10 bits per heavy atom. The van der Waals surface area contributed by atoms with Crippen molar-refractivity contribution < 1.29 is 8.78 Å². The summed E-state index contributed by atoms with van der Waals surface area (Å²) in [6.45, 7) is 4.25. The Labute approximate surface area is 124 Å². The van der Waals surface area contributed by atoms with Gasteiger partial charge in [0.15, 0.2) is 0 Å². The minimum Gasteiger partial charge on any atom is -0.310 e.